The molecule has 0 heterocycles. The van der Waals surface area contributed by atoms with Gasteiger partial charge in [0.25, 0.3) is 0 Å². The van der Waals surface area contributed by atoms with E-state index in [0.717, 1.165) is 38.5 Å². The van der Waals surface area contributed by atoms with Gasteiger partial charge in [-0.3, -0.25) is 18.7 Å². The minimum Gasteiger partial charge on any atom is -0.319 e. The van der Waals surface area contributed by atoms with Gasteiger partial charge in [0.15, 0.2) is 0 Å². The maximum Gasteiger partial charge on any atom is 0.391 e. The van der Waals surface area contributed by atoms with Crippen LogP contribution < -0.4 is 0 Å². The molecule has 0 aliphatic rings. The summed E-state index contributed by atoms with van der Waals surface area (Å²) in [5.74, 6) is 0. The topological polar surface area (TPSA) is 149 Å². The molecule has 0 radical (unpaired) electrons. The second-order valence-corrected chi connectivity index (χ2v) is 12.6. The average molecular weight is 527 g/mol. The molecule has 0 rings (SSSR count). The van der Waals surface area contributed by atoms with Gasteiger partial charge in [-0.1, -0.05) is 116 Å². The van der Waals surface area contributed by atoms with Crippen LogP contribution in [0.2, 0.25) is 0 Å². The Morgan fingerprint density at radius 1 is 0.353 bits per heavy atom. The van der Waals surface area contributed by atoms with E-state index in [9.17, 15) is 18.7 Å². The van der Waals surface area contributed by atoms with Gasteiger partial charge in [-0.2, -0.15) is 0 Å². The summed E-state index contributed by atoms with van der Waals surface area (Å²) in [4.78, 5) is 57.1. The number of rotatable bonds is 25. The molecule has 0 aromatic carbocycles. The summed E-state index contributed by atoms with van der Waals surface area (Å²) >= 11 is 0. The van der Waals surface area contributed by atoms with Gasteiger partial charge >= 0.3 is 15.2 Å². The smallest absolute Gasteiger partial charge is 0.319 e. The van der Waals surface area contributed by atoms with E-state index in [1.807, 2.05) is 0 Å². The summed E-state index contributed by atoms with van der Waals surface area (Å²) in [7, 11) is -9.05. The molecule has 0 fully saturated rings. The zero-order valence-corrected chi connectivity index (χ0v) is 22.7. The number of hydrogen-bond donors (Lipinski definition) is 4. The molecular formula is C24H48O8P2. The number of carbonyl (C=O) groups is 2. The molecule has 0 unspecified atom stereocenters. The molecule has 0 saturated heterocycles. The van der Waals surface area contributed by atoms with Crippen LogP contribution >= 0.6 is 15.2 Å². The van der Waals surface area contributed by atoms with Gasteiger partial charge in [-0.05, 0) is 12.8 Å². The van der Waals surface area contributed by atoms with Gasteiger partial charge in [0.05, 0.1) is 0 Å². The molecule has 0 spiro atoms. The first kappa shape index (κ1) is 33.6. The minimum absolute atomic E-state index is 0.0137. The summed E-state index contributed by atoms with van der Waals surface area (Å²) in [5.41, 5.74) is -1.87. The summed E-state index contributed by atoms with van der Waals surface area (Å²) in [5, 5.41) is 0. The van der Waals surface area contributed by atoms with Gasteiger partial charge < -0.3 is 19.6 Å². The Labute approximate surface area is 206 Å². The van der Waals surface area contributed by atoms with Crippen molar-refractivity contribution in [1.29, 1.82) is 0 Å². The fraction of sp³-hybridized carbons (Fsp3) is 0.917. The minimum atomic E-state index is -4.52. The van der Waals surface area contributed by atoms with Crippen molar-refractivity contribution in [2.24, 2.45) is 0 Å². The highest BCUT2D eigenvalue weighted by atomic mass is 31.2. The van der Waals surface area contributed by atoms with E-state index in [2.05, 4.69) is 0 Å². The molecule has 0 atom stereocenters. The van der Waals surface area contributed by atoms with E-state index in [4.69, 9.17) is 19.6 Å². The predicted molar refractivity (Wildman–Crippen MR) is 136 cm³/mol. The van der Waals surface area contributed by atoms with E-state index in [1.165, 1.54) is 77.0 Å². The van der Waals surface area contributed by atoms with Crippen LogP contribution in [0.4, 0.5) is 0 Å². The lowest BCUT2D eigenvalue weighted by molar-refractivity contribution is -0.114. The fourth-order valence-electron chi connectivity index (χ4n) is 4.03. The zero-order chi connectivity index (χ0) is 25.7. The second kappa shape index (κ2) is 20.8. The highest BCUT2D eigenvalue weighted by Crippen LogP contribution is 2.38. The number of hydrogen-bond acceptors (Lipinski definition) is 4. The maximum atomic E-state index is 11.1. The molecule has 202 valence electrons. The highest BCUT2D eigenvalue weighted by molar-refractivity contribution is 7.70. The van der Waals surface area contributed by atoms with Gasteiger partial charge in [0.2, 0.25) is 11.0 Å². The van der Waals surface area contributed by atoms with Gasteiger partial charge in [0, 0.05) is 12.8 Å². The van der Waals surface area contributed by atoms with Crippen LogP contribution in [0.15, 0.2) is 0 Å². The van der Waals surface area contributed by atoms with Crippen LogP contribution in [0.1, 0.15) is 141 Å². The molecule has 4 N–H and O–H groups in total. The maximum absolute atomic E-state index is 11.1. The van der Waals surface area contributed by atoms with Crippen molar-refractivity contribution in [1.82, 2.24) is 0 Å². The molecule has 0 aromatic rings. The number of carbonyl (C=O) groups excluding carboxylic acids is 2. The van der Waals surface area contributed by atoms with Crippen molar-refractivity contribution in [2.75, 3.05) is 0 Å². The lowest BCUT2D eigenvalue weighted by Crippen LogP contribution is -1.98. The molecular weight excluding hydrogens is 478 g/mol. The van der Waals surface area contributed by atoms with Crippen LogP contribution in [0.3, 0.4) is 0 Å². The summed E-state index contributed by atoms with van der Waals surface area (Å²) in [6.45, 7) is 0. The largest absolute Gasteiger partial charge is 0.391 e. The predicted octanol–water partition coefficient (Wildman–Crippen LogP) is 6.98. The zero-order valence-electron chi connectivity index (χ0n) is 20.9. The van der Waals surface area contributed by atoms with E-state index >= 15 is 0 Å². The molecule has 0 bridgehead atoms. The third-order valence-electron chi connectivity index (χ3n) is 6.18. The molecule has 10 heteroatoms. The third kappa shape index (κ3) is 22.1. The Morgan fingerprint density at radius 3 is 0.647 bits per heavy atom. The quantitative estimate of drug-likeness (QED) is 0.0735. The molecule has 8 nitrogen and oxygen atoms in total. The van der Waals surface area contributed by atoms with Crippen LogP contribution in [0, 0.1) is 0 Å². The molecule has 0 saturated carbocycles. The van der Waals surface area contributed by atoms with Crippen molar-refractivity contribution < 1.29 is 38.3 Å². The second-order valence-electron chi connectivity index (χ2n) is 9.45. The standard InChI is InChI=1S/C24H48O8P2/c25-23(33(27,28)29)21-19-17-15-13-11-9-7-5-3-1-2-4-6-8-10-12-14-16-18-20-22-24(26)34(30,31)32/h1-22H2,(H2,27,28,29)(H2,30,31,32). The summed E-state index contributed by atoms with van der Waals surface area (Å²) in [6, 6.07) is 0. The van der Waals surface area contributed by atoms with Crippen LogP contribution in [-0.2, 0) is 18.7 Å². The Kier molecular flexibility index (Phi) is 20.6. The van der Waals surface area contributed by atoms with Gasteiger partial charge in [-0.15, -0.1) is 0 Å². The van der Waals surface area contributed by atoms with E-state index in [1.54, 1.807) is 0 Å². The summed E-state index contributed by atoms with van der Waals surface area (Å²) in [6.07, 6.45) is 22.3. The lowest BCUT2D eigenvalue weighted by atomic mass is 10.0. The van der Waals surface area contributed by atoms with Crippen molar-refractivity contribution >= 4 is 26.2 Å². The Hall–Kier alpha value is -0.360. The first-order chi connectivity index (χ1) is 16.0. The van der Waals surface area contributed by atoms with Crippen molar-refractivity contribution in [3.63, 3.8) is 0 Å². The monoisotopic (exact) mass is 526 g/mol. The molecule has 0 aliphatic heterocycles. The van der Waals surface area contributed by atoms with E-state index in [0.29, 0.717) is 12.8 Å². The van der Waals surface area contributed by atoms with Crippen LogP contribution in [0.25, 0.3) is 0 Å². The molecule has 34 heavy (non-hydrogen) atoms. The Bertz CT molecular complexity index is 572. The lowest BCUT2D eigenvalue weighted by Gasteiger charge is -2.05. The van der Waals surface area contributed by atoms with Gasteiger partial charge in [-0.25, -0.2) is 0 Å². The third-order valence-corrected chi connectivity index (χ3v) is 7.93. The van der Waals surface area contributed by atoms with E-state index < -0.39 is 26.2 Å². The first-order valence-electron chi connectivity index (χ1n) is 13.2. The molecule has 0 aromatic heterocycles. The van der Waals surface area contributed by atoms with Crippen molar-refractivity contribution in [3.05, 3.63) is 0 Å². The number of unbranched alkanes of at least 4 members (excludes halogenated alkanes) is 19. The van der Waals surface area contributed by atoms with Crippen molar-refractivity contribution in [2.45, 2.75) is 141 Å². The molecule has 0 aliphatic carbocycles. The fourth-order valence-corrected chi connectivity index (χ4v) is 4.92. The first-order valence-corrected chi connectivity index (χ1v) is 16.5. The van der Waals surface area contributed by atoms with Crippen molar-refractivity contribution in [3.8, 4) is 0 Å². The summed E-state index contributed by atoms with van der Waals surface area (Å²) < 4.78 is 21.5. The van der Waals surface area contributed by atoms with Crippen LogP contribution in [-0.4, -0.2) is 30.6 Å². The average Bonchev–Trinajstić information content (AvgIpc) is 2.75. The van der Waals surface area contributed by atoms with Crippen LogP contribution in [0.5, 0.6) is 0 Å². The SMILES string of the molecule is O=C(CCCCCCCCCCCCCCCCCCCCCCC(=O)P(=O)(O)O)P(=O)(O)O. The van der Waals surface area contributed by atoms with Gasteiger partial charge in [0.1, 0.15) is 0 Å². The normalized spacial score (nSPS) is 12.2. The Balaban J connectivity index is 3.19. The highest BCUT2D eigenvalue weighted by Gasteiger charge is 2.24. The Morgan fingerprint density at radius 2 is 0.500 bits per heavy atom. The van der Waals surface area contributed by atoms with E-state index in [-0.39, 0.29) is 12.8 Å². The molecule has 0 amide bonds.